The zero-order valence-corrected chi connectivity index (χ0v) is 17.1. The number of likely N-dealkylation sites (tertiary alicyclic amines) is 1. The Balaban J connectivity index is 1.69. The predicted octanol–water partition coefficient (Wildman–Crippen LogP) is 1.77. The first-order valence-corrected chi connectivity index (χ1v) is 10.1. The number of carboxylic acid groups (broad SMARTS) is 1. The van der Waals surface area contributed by atoms with E-state index in [2.05, 4.69) is 5.32 Å². The number of carboxylic acids is 1. The highest BCUT2D eigenvalue weighted by atomic mass is 16.4. The number of carbonyl (C=O) groups is 3. The summed E-state index contributed by atoms with van der Waals surface area (Å²) in [6, 6.07) is 16.1. The van der Waals surface area contributed by atoms with Crippen LogP contribution in [0.1, 0.15) is 22.7 Å². The van der Waals surface area contributed by atoms with Gasteiger partial charge in [-0.25, -0.2) is 0 Å². The molecule has 0 radical (unpaired) electrons. The maximum Gasteiger partial charge on any atom is 0.327 e. The average molecular weight is 420 g/mol. The van der Waals surface area contributed by atoms with Crippen molar-refractivity contribution in [2.45, 2.75) is 18.5 Å². The lowest BCUT2D eigenvalue weighted by Gasteiger charge is -2.29. The first kappa shape index (κ1) is 21.0. The van der Waals surface area contributed by atoms with Crippen molar-refractivity contribution in [2.75, 3.05) is 13.2 Å². The zero-order valence-electron chi connectivity index (χ0n) is 17.1. The molecule has 0 spiro atoms. The molecule has 2 aromatic carbocycles. The first-order chi connectivity index (χ1) is 14.9. The summed E-state index contributed by atoms with van der Waals surface area (Å²) in [5.41, 5.74) is 0.636. The van der Waals surface area contributed by atoms with Crippen molar-refractivity contribution in [1.82, 2.24) is 10.2 Å². The van der Waals surface area contributed by atoms with E-state index in [1.54, 1.807) is 12.1 Å². The molecule has 0 aromatic heterocycles. The van der Waals surface area contributed by atoms with Crippen LogP contribution in [0.3, 0.4) is 0 Å². The number of imide groups is 1. The fourth-order valence-corrected chi connectivity index (χ4v) is 4.71. The van der Waals surface area contributed by atoms with Gasteiger partial charge in [-0.15, -0.1) is 0 Å². The summed E-state index contributed by atoms with van der Waals surface area (Å²) in [5, 5.41) is 22.9. The highest BCUT2D eigenvalue weighted by molar-refractivity contribution is 6.09. The van der Waals surface area contributed by atoms with Crippen molar-refractivity contribution in [2.24, 2.45) is 11.8 Å². The van der Waals surface area contributed by atoms with Crippen molar-refractivity contribution in [3.8, 4) is 0 Å². The minimum atomic E-state index is -1.91. The summed E-state index contributed by atoms with van der Waals surface area (Å²) >= 11 is 0. The Morgan fingerprint density at radius 2 is 1.77 bits per heavy atom. The summed E-state index contributed by atoms with van der Waals surface area (Å²) < 4.78 is 0. The van der Waals surface area contributed by atoms with Crippen LogP contribution >= 0.6 is 0 Å². The topological polar surface area (TPSA) is 107 Å². The highest BCUT2D eigenvalue weighted by Gasteiger charge is 2.68. The molecule has 4 atom stereocenters. The van der Waals surface area contributed by atoms with Gasteiger partial charge in [0.05, 0.1) is 18.4 Å². The maximum absolute atomic E-state index is 13.3. The second-order valence-corrected chi connectivity index (χ2v) is 8.02. The van der Waals surface area contributed by atoms with Crippen molar-refractivity contribution in [3.63, 3.8) is 0 Å². The first-order valence-electron chi connectivity index (χ1n) is 10.1. The van der Waals surface area contributed by atoms with Gasteiger partial charge in [0.25, 0.3) is 0 Å². The molecular formula is C24H24N2O5. The lowest BCUT2D eigenvalue weighted by molar-refractivity contribution is -0.153. The summed E-state index contributed by atoms with van der Waals surface area (Å²) in [6.07, 6.45) is 3.52. The number of nitrogens with one attached hydrogen (secondary N) is 1. The number of benzene rings is 2. The fraction of sp³-hybridized carbons (Fsp3) is 0.292. The second kappa shape index (κ2) is 8.09. The van der Waals surface area contributed by atoms with Crippen LogP contribution in [-0.2, 0) is 14.4 Å². The minimum Gasteiger partial charge on any atom is -0.480 e. The van der Waals surface area contributed by atoms with Gasteiger partial charge in [-0.3, -0.25) is 24.6 Å². The largest absolute Gasteiger partial charge is 0.480 e. The molecule has 4 rings (SSSR count). The quantitative estimate of drug-likeness (QED) is 0.615. The summed E-state index contributed by atoms with van der Waals surface area (Å²) in [4.78, 5) is 39.9. The van der Waals surface area contributed by atoms with E-state index >= 15 is 0 Å². The number of aliphatic hydroxyl groups excluding tert-OH is 1. The SMILES string of the molecule is Cc1ccccc1C1NC(CO)(C(=O)O)C2C(=O)N(C/C=C/c3ccccc3)C(=O)C12. The third kappa shape index (κ3) is 3.36. The van der Waals surface area contributed by atoms with E-state index in [9.17, 15) is 24.6 Å². The number of aryl methyl sites for hydroxylation is 1. The molecule has 7 nitrogen and oxygen atoms in total. The van der Waals surface area contributed by atoms with Crippen LogP contribution in [0, 0.1) is 18.8 Å². The van der Waals surface area contributed by atoms with Gasteiger partial charge in [-0.1, -0.05) is 66.7 Å². The number of hydrogen-bond acceptors (Lipinski definition) is 5. The molecule has 2 aliphatic heterocycles. The smallest absolute Gasteiger partial charge is 0.327 e. The molecule has 2 heterocycles. The monoisotopic (exact) mass is 420 g/mol. The van der Waals surface area contributed by atoms with Gasteiger partial charge in [0, 0.05) is 12.6 Å². The number of carbonyl (C=O) groups excluding carboxylic acids is 2. The molecule has 2 fully saturated rings. The van der Waals surface area contributed by atoms with Crippen molar-refractivity contribution in [3.05, 3.63) is 77.4 Å². The Morgan fingerprint density at radius 3 is 2.42 bits per heavy atom. The summed E-state index contributed by atoms with van der Waals surface area (Å²) in [7, 11) is 0. The molecule has 0 bridgehead atoms. The maximum atomic E-state index is 13.3. The Labute approximate surface area is 180 Å². The van der Waals surface area contributed by atoms with Gasteiger partial charge >= 0.3 is 5.97 Å². The van der Waals surface area contributed by atoms with Crippen LogP contribution in [0.15, 0.2) is 60.7 Å². The van der Waals surface area contributed by atoms with Crippen LogP contribution in [-0.4, -0.2) is 51.6 Å². The lowest BCUT2D eigenvalue weighted by Crippen LogP contribution is -2.58. The molecule has 4 unspecified atom stereocenters. The Hall–Kier alpha value is -3.29. The highest BCUT2D eigenvalue weighted by Crippen LogP contribution is 2.49. The molecule has 0 aliphatic carbocycles. The number of nitrogens with zero attached hydrogens (tertiary/aromatic N) is 1. The van der Waals surface area contributed by atoms with Crippen molar-refractivity contribution < 1.29 is 24.6 Å². The van der Waals surface area contributed by atoms with Crippen LogP contribution in [0.4, 0.5) is 0 Å². The van der Waals surface area contributed by atoms with E-state index in [4.69, 9.17) is 0 Å². The average Bonchev–Trinajstić information content (AvgIpc) is 3.24. The molecule has 0 saturated carbocycles. The molecule has 2 amide bonds. The predicted molar refractivity (Wildman–Crippen MR) is 114 cm³/mol. The normalized spacial score (nSPS) is 27.8. The van der Waals surface area contributed by atoms with Crippen molar-refractivity contribution >= 4 is 23.9 Å². The van der Waals surface area contributed by atoms with E-state index < -0.39 is 47.8 Å². The Morgan fingerprint density at radius 1 is 1.10 bits per heavy atom. The standard InChI is InChI=1S/C24H24N2O5/c1-15-8-5-6-12-17(15)20-18-19(24(14-27,25-20)23(30)31)22(29)26(21(18)28)13-7-11-16-9-3-2-4-10-16/h2-12,18-20,25,27H,13-14H2,1H3,(H,30,31)/b11-7+. The molecule has 160 valence electrons. The second-order valence-electron chi connectivity index (χ2n) is 8.02. The van der Waals surface area contributed by atoms with E-state index in [0.29, 0.717) is 0 Å². The summed E-state index contributed by atoms with van der Waals surface area (Å²) in [6.45, 7) is 1.12. The number of hydrogen-bond donors (Lipinski definition) is 3. The molecule has 3 N–H and O–H groups in total. The molecule has 2 saturated heterocycles. The van der Waals surface area contributed by atoms with Gasteiger partial charge in [0.15, 0.2) is 5.54 Å². The lowest BCUT2D eigenvalue weighted by atomic mass is 9.79. The van der Waals surface area contributed by atoms with Gasteiger partial charge < -0.3 is 10.2 Å². The third-order valence-electron chi connectivity index (χ3n) is 6.30. The van der Waals surface area contributed by atoms with E-state index in [0.717, 1.165) is 21.6 Å². The number of aliphatic hydroxyl groups is 1. The Kier molecular flexibility index (Phi) is 5.47. The van der Waals surface area contributed by atoms with E-state index in [1.807, 2.05) is 61.5 Å². The van der Waals surface area contributed by atoms with Gasteiger partial charge in [0.1, 0.15) is 0 Å². The summed E-state index contributed by atoms with van der Waals surface area (Å²) in [5.74, 6) is -4.43. The third-order valence-corrected chi connectivity index (χ3v) is 6.30. The molecular weight excluding hydrogens is 396 g/mol. The number of fused-ring (bicyclic) bond motifs is 1. The molecule has 2 aliphatic rings. The fourth-order valence-electron chi connectivity index (χ4n) is 4.71. The van der Waals surface area contributed by atoms with E-state index in [-0.39, 0.29) is 6.54 Å². The van der Waals surface area contributed by atoms with Gasteiger partial charge in [-0.05, 0) is 23.6 Å². The van der Waals surface area contributed by atoms with Gasteiger partial charge in [-0.2, -0.15) is 0 Å². The molecule has 7 heteroatoms. The van der Waals surface area contributed by atoms with Crippen LogP contribution < -0.4 is 5.32 Å². The minimum absolute atomic E-state index is 0.0428. The van der Waals surface area contributed by atoms with Crippen LogP contribution in [0.5, 0.6) is 0 Å². The van der Waals surface area contributed by atoms with E-state index in [1.165, 1.54) is 0 Å². The number of aliphatic carboxylic acids is 1. The van der Waals surface area contributed by atoms with Crippen LogP contribution in [0.2, 0.25) is 0 Å². The van der Waals surface area contributed by atoms with Crippen molar-refractivity contribution in [1.29, 1.82) is 0 Å². The molecule has 2 aromatic rings. The van der Waals surface area contributed by atoms with Crippen LogP contribution in [0.25, 0.3) is 6.08 Å². The zero-order chi connectivity index (χ0) is 22.2. The number of amides is 2. The Bertz CT molecular complexity index is 1050. The number of rotatable bonds is 6. The van der Waals surface area contributed by atoms with Gasteiger partial charge in [0.2, 0.25) is 11.8 Å². The molecule has 31 heavy (non-hydrogen) atoms.